The SMILES string of the molecule is Cc1ccc(CCC(=O)N2CCC(NC(=O)c3ccccc3)CC2)cc1. The lowest BCUT2D eigenvalue weighted by atomic mass is 10.0. The van der Waals surface area contributed by atoms with Crippen LogP contribution < -0.4 is 5.32 Å². The normalized spacial score (nSPS) is 14.9. The molecule has 0 radical (unpaired) electrons. The molecule has 1 saturated heterocycles. The second-order valence-corrected chi connectivity index (χ2v) is 6.98. The van der Waals surface area contributed by atoms with Crippen molar-refractivity contribution < 1.29 is 9.59 Å². The third-order valence-corrected chi connectivity index (χ3v) is 4.97. The summed E-state index contributed by atoms with van der Waals surface area (Å²) in [5, 5.41) is 3.08. The van der Waals surface area contributed by atoms with Crippen molar-refractivity contribution in [1.29, 1.82) is 0 Å². The highest BCUT2D eigenvalue weighted by atomic mass is 16.2. The molecule has 2 amide bonds. The minimum atomic E-state index is -0.0326. The van der Waals surface area contributed by atoms with Gasteiger partial charge in [0.25, 0.3) is 5.91 Å². The predicted octanol–water partition coefficient (Wildman–Crippen LogP) is 3.35. The highest BCUT2D eigenvalue weighted by Gasteiger charge is 2.23. The zero-order valence-electron chi connectivity index (χ0n) is 15.3. The van der Waals surface area contributed by atoms with Crippen LogP contribution in [0.1, 0.15) is 40.7 Å². The van der Waals surface area contributed by atoms with E-state index in [0.29, 0.717) is 25.1 Å². The molecule has 2 aromatic rings. The second-order valence-electron chi connectivity index (χ2n) is 6.98. The van der Waals surface area contributed by atoms with Gasteiger partial charge < -0.3 is 10.2 Å². The lowest BCUT2D eigenvalue weighted by Gasteiger charge is -2.32. The zero-order valence-corrected chi connectivity index (χ0v) is 15.3. The molecule has 1 aliphatic heterocycles. The minimum absolute atomic E-state index is 0.0326. The van der Waals surface area contributed by atoms with E-state index < -0.39 is 0 Å². The largest absolute Gasteiger partial charge is 0.349 e. The summed E-state index contributed by atoms with van der Waals surface area (Å²) in [6.45, 7) is 3.49. The van der Waals surface area contributed by atoms with Crippen LogP contribution in [0, 0.1) is 6.92 Å². The zero-order chi connectivity index (χ0) is 18.4. The molecule has 0 saturated carbocycles. The number of aryl methyl sites for hydroxylation is 2. The number of carbonyl (C=O) groups excluding carboxylic acids is 2. The summed E-state index contributed by atoms with van der Waals surface area (Å²) >= 11 is 0. The predicted molar refractivity (Wildman–Crippen MR) is 103 cm³/mol. The van der Waals surface area contributed by atoms with Gasteiger partial charge in [-0.25, -0.2) is 0 Å². The molecule has 1 aliphatic rings. The summed E-state index contributed by atoms with van der Waals surface area (Å²) in [5.41, 5.74) is 3.12. The van der Waals surface area contributed by atoms with Crippen LogP contribution in [-0.4, -0.2) is 35.8 Å². The van der Waals surface area contributed by atoms with Gasteiger partial charge in [-0.3, -0.25) is 9.59 Å². The van der Waals surface area contributed by atoms with Crippen molar-refractivity contribution in [2.45, 2.75) is 38.6 Å². The van der Waals surface area contributed by atoms with Crippen molar-refractivity contribution in [3.05, 3.63) is 71.3 Å². The highest BCUT2D eigenvalue weighted by molar-refractivity contribution is 5.94. The third-order valence-electron chi connectivity index (χ3n) is 4.97. The van der Waals surface area contributed by atoms with E-state index >= 15 is 0 Å². The molecule has 0 aromatic heterocycles. The summed E-state index contributed by atoms with van der Waals surface area (Å²) in [6, 6.07) is 17.8. The van der Waals surface area contributed by atoms with Gasteiger partial charge in [-0.1, -0.05) is 48.0 Å². The van der Waals surface area contributed by atoms with E-state index in [-0.39, 0.29) is 17.9 Å². The minimum Gasteiger partial charge on any atom is -0.349 e. The van der Waals surface area contributed by atoms with E-state index in [1.807, 2.05) is 35.2 Å². The van der Waals surface area contributed by atoms with Crippen molar-refractivity contribution in [2.75, 3.05) is 13.1 Å². The molecule has 1 fully saturated rings. The monoisotopic (exact) mass is 350 g/mol. The number of hydrogen-bond donors (Lipinski definition) is 1. The number of amides is 2. The Hall–Kier alpha value is -2.62. The van der Waals surface area contributed by atoms with Crippen LogP contribution in [0.4, 0.5) is 0 Å². The van der Waals surface area contributed by atoms with Gasteiger partial charge >= 0.3 is 0 Å². The second kappa shape index (κ2) is 8.65. The maximum absolute atomic E-state index is 12.4. The Balaban J connectivity index is 1.42. The van der Waals surface area contributed by atoms with Crippen LogP contribution in [0.5, 0.6) is 0 Å². The highest BCUT2D eigenvalue weighted by Crippen LogP contribution is 2.14. The number of hydrogen-bond acceptors (Lipinski definition) is 2. The van der Waals surface area contributed by atoms with Gasteiger partial charge in [-0.15, -0.1) is 0 Å². The van der Waals surface area contributed by atoms with E-state index in [1.165, 1.54) is 11.1 Å². The summed E-state index contributed by atoms with van der Waals surface area (Å²) in [5.74, 6) is 0.174. The Bertz CT molecular complexity index is 732. The lowest BCUT2D eigenvalue weighted by Crippen LogP contribution is -2.46. The van der Waals surface area contributed by atoms with Crippen molar-refractivity contribution >= 4 is 11.8 Å². The number of piperidine rings is 1. The average Bonchev–Trinajstić information content (AvgIpc) is 2.68. The fourth-order valence-electron chi connectivity index (χ4n) is 3.30. The first kappa shape index (κ1) is 18.2. The van der Waals surface area contributed by atoms with Crippen molar-refractivity contribution in [3.8, 4) is 0 Å². The number of benzene rings is 2. The van der Waals surface area contributed by atoms with Crippen LogP contribution in [0.15, 0.2) is 54.6 Å². The summed E-state index contributed by atoms with van der Waals surface area (Å²) < 4.78 is 0. The summed E-state index contributed by atoms with van der Waals surface area (Å²) in [7, 11) is 0. The molecule has 0 spiro atoms. The maximum atomic E-state index is 12.4. The third kappa shape index (κ3) is 4.94. The van der Waals surface area contributed by atoms with Gasteiger partial charge in [-0.2, -0.15) is 0 Å². The number of carbonyl (C=O) groups is 2. The van der Waals surface area contributed by atoms with Gasteiger partial charge in [0.1, 0.15) is 0 Å². The first-order valence-corrected chi connectivity index (χ1v) is 9.31. The van der Waals surface area contributed by atoms with Gasteiger partial charge in [0.15, 0.2) is 0 Å². The Morgan fingerprint density at radius 3 is 2.31 bits per heavy atom. The van der Waals surface area contributed by atoms with Gasteiger partial charge in [0.2, 0.25) is 5.91 Å². The van der Waals surface area contributed by atoms with E-state index in [9.17, 15) is 9.59 Å². The van der Waals surface area contributed by atoms with E-state index in [0.717, 1.165) is 19.3 Å². The van der Waals surface area contributed by atoms with Gasteiger partial charge in [0, 0.05) is 31.1 Å². The van der Waals surface area contributed by atoms with Crippen LogP contribution in [0.3, 0.4) is 0 Å². The van der Waals surface area contributed by atoms with Crippen LogP contribution >= 0.6 is 0 Å². The number of rotatable bonds is 5. The molecule has 4 heteroatoms. The van der Waals surface area contributed by atoms with Gasteiger partial charge in [-0.05, 0) is 43.9 Å². The fraction of sp³-hybridized carbons (Fsp3) is 0.364. The molecule has 136 valence electrons. The molecule has 0 bridgehead atoms. The molecule has 26 heavy (non-hydrogen) atoms. The maximum Gasteiger partial charge on any atom is 0.251 e. The van der Waals surface area contributed by atoms with E-state index in [4.69, 9.17) is 0 Å². The molecular formula is C22H26N2O2. The van der Waals surface area contributed by atoms with Crippen molar-refractivity contribution in [2.24, 2.45) is 0 Å². The summed E-state index contributed by atoms with van der Waals surface area (Å²) in [6.07, 6.45) is 2.96. The molecule has 2 aromatic carbocycles. The average molecular weight is 350 g/mol. The lowest BCUT2D eigenvalue weighted by molar-refractivity contribution is -0.132. The van der Waals surface area contributed by atoms with E-state index in [2.05, 4.69) is 36.5 Å². The molecule has 0 unspecified atom stereocenters. The molecule has 1 heterocycles. The standard InChI is InChI=1S/C22H26N2O2/c1-17-7-9-18(10-8-17)11-12-21(25)24-15-13-20(14-16-24)23-22(26)19-5-3-2-4-6-19/h2-10,20H,11-16H2,1H3,(H,23,26). The first-order chi connectivity index (χ1) is 12.6. The Morgan fingerprint density at radius 2 is 1.65 bits per heavy atom. The quantitative estimate of drug-likeness (QED) is 0.899. The Labute approximate surface area is 155 Å². The number of nitrogens with zero attached hydrogens (tertiary/aromatic N) is 1. The summed E-state index contributed by atoms with van der Waals surface area (Å²) in [4.78, 5) is 26.6. The first-order valence-electron chi connectivity index (χ1n) is 9.31. The smallest absolute Gasteiger partial charge is 0.251 e. The van der Waals surface area contributed by atoms with Gasteiger partial charge in [0.05, 0.1) is 0 Å². The number of likely N-dealkylation sites (tertiary alicyclic amines) is 1. The van der Waals surface area contributed by atoms with E-state index in [1.54, 1.807) is 0 Å². The Morgan fingerprint density at radius 1 is 1.00 bits per heavy atom. The van der Waals surface area contributed by atoms with Crippen molar-refractivity contribution in [1.82, 2.24) is 10.2 Å². The molecule has 0 aliphatic carbocycles. The molecule has 3 rings (SSSR count). The Kier molecular flexibility index (Phi) is 6.05. The van der Waals surface area contributed by atoms with Crippen LogP contribution in [0.2, 0.25) is 0 Å². The molecule has 4 nitrogen and oxygen atoms in total. The molecular weight excluding hydrogens is 324 g/mol. The molecule has 1 N–H and O–H groups in total. The topological polar surface area (TPSA) is 49.4 Å². The number of nitrogens with one attached hydrogen (secondary N) is 1. The fourth-order valence-corrected chi connectivity index (χ4v) is 3.30. The van der Waals surface area contributed by atoms with Crippen LogP contribution in [-0.2, 0) is 11.2 Å². The van der Waals surface area contributed by atoms with Crippen molar-refractivity contribution in [3.63, 3.8) is 0 Å². The molecule has 0 atom stereocenters. The van der Waals surface area contributed by atoms with Crippen LogP contribution in [0.25, 0.3) is 0 Å².